The summed E-state index contributed by atoms with van der Waals surface area (Å²) in [5.74, 6) is -0.736. The van der Waals surface area contributed by atoms with E-state index in [1.54, 1.807) is 6.92 Å². The zero-order valence-electron chi connectivity index (χ0n) is 23.8. The number of halogens is 6. The van der Waals surface area contributed by atoms with E-state index in [0.717, 1.165) is 10.7 Å². The molecule has 1 atom stereocenters. The summed E-state index contributed by atoms with van der Waals surface area (Å²) in [5.41, 5.74) is -1.93. The van der Waals surface area contributed by atoms with Crippen molar-refractivity contribution in [3.63, 3.8) is 0 Å². The molecule has 1 unspecified atom stereocenters. The van der Waals surface area contributed by atoms with Crippen LogP contribution >= 0.6 is 0 Å². The molecule has 15 heteroatoms. The van der Waals surface area contributed by atoms with Crippen molar-refractivity contribution >= 4 is 22.3 Å². The Labute approximate surface area is 252 Å². The van der Waals surface area contributed by atoms with Crippen molar-refractivity contribution in [1.82, 2.24) is 25.0 Å². The lowest BCUT2D eigenvalue weighted by Crippen LogP contribution is -2.48. The standard InChI is InChI=1S/C30H25F6N9/c1-16-20(3-4-23(31)41-16)26(22-14-45(44-43-22)29(7-8-29)27(32)33)42-19-9-17(11-37)24-21(10-19)25(18(12-38)13-39-24)40-15-28(5-2-6-28)30(34,35)36/h3-4,9-10,13-14,26-27,42H,2,5-8,15H2,1H3,(H,39,40). The van der Waals surface area contributed by atoms with Gasteiger partial charge in [-0.05, 0) is 50.8 Å². The van der Waals surface area contributed by atoms with Crippen LogP contribution in [0.4, 0.5) is 37.7 Å². The van der Waals surface area contributed by atoms with E-state index in [1.807, 2.05) is 12.1 Å². The molecule has 3 heterocycles. The Morgan fingerprint density at radius 1 is 1.07 bits per heavy atom. The highest BCUT2D eigenvalue weighted by molar-refractivity contribution is 5.99. The third kappa shape index (κ3) is 5.16. The molecule has 232 valence electrons. The van der Waals surface area contributed by atoms with Gasteiger partial charge in [0.25, 0.3) is 6.43 Å². The Kier molecular flexibility index (Phi) is 7.30. The number of aryl methyl sites for hydroxylation is 1. The minimum absolute atomic E-state index is 0.0139. The van der Waals surface area contributed by atoms with E-state index >= 15 is 0 Å². The van der Waals surface area contributed by atoms with Gasteiger partial charge in [-0.2, -0.15) is 28.1 Å². The minimum atomic E-state index is -4.45. The first-order chi connectivity index (χ1) is 21.4. The number of nitriles is 2. The van der Waals surface area contributed by atoms with E-state index in [1.165, 1.54) is 30.6 Å². The molecule has 0 spiro atoms. The summed E-state index contributed by atoms with van der Waals surface area (Å²) in [4.78, 5) is 8.12. The second kappa shape index (κ2) is 10.9. The van der Waals surface area contributed by atoms with E-state index in [0.29, 0.717) is 12.0 Å². The summed E-state index contributed by atoms with van der Waals surface area (Å²) in [5, 5.41) is 34.1. The van der Waals surface area contributed by atoms with Gasteiger partial charge in [0.1, 0.15) is 23.4 Å². The van der Waals surface area contributed by atoms with Crippen LogP contribution in [0, 0.1) is 40.9 Å². The van der Waals surface area contributed by atoms with Crippen LogP contribution in [-0.4, -0.2) is 44.1 Å². The van der Waals surface area contributed by atoms with Gasteiger partial charge in [-0.1, -0.05) is 17.7 Å². The Hall–Kier alpha value is -4.92. The summed E-state index contributed by atoms with van der Waals surface area (Å²) in [7, 11) is 0. The van der Waals surface area contributed by atoms with E-state index in [-0.39, 0.29) is 70.5 Å². The number of alkyl halides is 5. The molecule has 0 radical (unpaired) electrons. The number of pyridine rings is 2. The average Bonchev–Trinajstić information content (AvgIpc) is 3.64. The van der Waals surface area contributed by atoms with Crippen LogP contribution in [0.1, 0.15) is 66.2 Å². The first-order valence-electron chi connectivity index (χ1n) is 14.1. The number of benzene rings is 1. The van der Waals surface area contributed by atoms with Gasteiger partial charge in [-0.25, -0.2) is 18.4 Å². The molecule has 2 aliphatic rings. The number of aromatic nitrogens is 5. The van der Waals surface area contributed by atoms with Crippen LogP contribution in [0.3, 0.4) is 0 Å². The van der Waals surface area contributed by atoms with Crippen LogP contribution in [-0.2, 0) is 5.54 Å². The van der Waals surface area contributed by atoms with Gasteiger partial charge in [0.05, 0.1) is 40.0 Å². The monoisotopic (exact) mass is 625 g/mol. The number of anilines is 2. The predicted molar refractivity (Wildman–Crippen MR) is 150 cm³/mol. The number of fused-ring (bicyclic) bond motifs is 1. The molecule has 0 bridgehead atoms. The van der Waals surface area contributed by atoms with Crippen molar-refractivity contribution in [1.29, 1.82) is 10.5 Å². The molecule has 2 saturated carbocycles. The van der Waals surface area contributed by atoms with Gasteiger partial charge < -0.3 is 10.6 Å². The van der Waals surface area contributed by atoms with Gasteiger partial charge >= 0.3 is 6.18 Å². The number of rotatable bonds is 9. The number of hydrogen-bond donors (Lipinski definition) is 2. The lowest BCUT2D eigenvalue weighted by atomic mass is 9.68. The van der Waals surface area contributed by atoms with Crippen molar-refractivity contribution in [3.8, 4) is 12.1 Å². The fourth-order valence-electron chi connectivity index (χ4n) is 5.79. The summed E-state index contributed by atoms with van der Waals surface area (Å²) >= 11 is 0. The van der Waals surface area contributed by atoms with Gasteiger partial charge in [0.2, 0.25) is 5.95 Å². The van der Waals surface area contributed by atoms with Gasteiger partial charge in [-0.15, -0.1) is 5.10 Å². The molecule has 0 saturated heterocycles. The Balaban J connectivity index is 1.44. The van der Waals surface area contributed by atoms with E-state index in [4.69, 9.17) is 0 Å². The SMILES string of the molecule is Cc1nc(F)ccc1C(Nc1cc(C#N)c2ncc(C#N)c(NCC3(C(F)(F)F)CCC3)c2c1)c1cn(C2(C(F)F)CC2)nn1. The van der Waals surface area contributed by atoms with Crippen molar-refractivity contribution in [2.75, 3.05) is 17.2 Å². The third-order valence-electron chi connectivity index (χ3n) is 8.87. The molecule has 4 aromatic rings. The topological polar surface area (TPSA) is 128 Å². The summed E-state index contributed by atoms with van der Waals surface area (Å²) in [6.45, 7) is 1.09. The molecule has 6 rings (SSSR count). The Bertz CT molecular complexity index is 1860. The molecule has 1 aromatic carbocycles. The number of nitrogens with zero attached hydrogens (tertiary/aromatic N) is 7. The number of nitrogens with one attached hydrogen (secondary N) is 2. The van der Waals surface area contributed by atoms with Crippen molar-refractivity contribution in [2.45, 2.75) is 63.2 Å². The third-order valence-corrected chi connectivity index (χ3v) is 8.87. The van der Waals surface area contributed by atoms with Crippen LogP contribution < -0.4 is 10.6 Å². The second-order valence-electron chi connectivity index (χ2n) is 11.6. The highest BCUT2D eigenvalue weighted by Crippen LogP contribution is 2.53. The smallest absolute Gasteiger partial charge is 0.382 e. The molecule has 9 nitrogen and oxygen atoms in total. The molecule has 2 fully saturated rings. The Morgan fingerprint density at radius 3 is 2.38 bits per heavy atom. The molecular weight excluding hydrogens is 600 g/mol. The zero-order valence-corrected chi connectivity index (χ0v) is 23.8. The van der Waals surface area contributed by atoms with E-state index in [2.05, 4.69) is 30.9 Å². The maximum atomic E-state index is 14.0. The lowest BCUT2D eigenvalue weighted by molar-refractivity contribution is -0.244. The van der Waals surface area contributed by atoms with Crippen molar-refractivity contribution in [2.24, 2.45) is 5.41 Å². The van der Waals surface area contributed by atoms with Gasteiger partial charge in [0.15, 0.2) is 0 Å². The Morgan fingerprint density at radius 2 is 1.80 bits per heavy atom. The first kappa shape index (κ1) is 30.1. The van der Waals surface area contributed by atoms with Crippen LogP contribution in [0.25, 0.3) is 10.9 Å². The fourth-order valence-corrected chi connectivity index (χ4v) is 5.79. The molecule has 2 aliphatic carbocycles. The minimum Gasteiger partial charge on any atom is -0.382 e. The maximum absolute atomic E-state index is 14.0. The largest absolute Gasteiger partial charge is 0.396 e. The number of hydrogen-bond acceptors (Lipinski definition) is 8. The molecule has 0 amide bonds. The summed E-state index contributed by atoms with van der Waals surface area (Å²) < 4.78 is 84.5. The molecular formula is C30H25F6N9. The normalized spacial score (nSPS) is 17.3. The van der Waals surface area contributed by atoms with Crippen LogP contribution in [0.15, 0.2) is 36.7 Å². The molecule has 2 N–H and O–H groups in total. The van der Waals surface area contributed by atoms with E-state index in [9.17, 15) is 36.9 Å². The van der Waals surface area contributed by atoms with Crippen molar-refractivity contribution in [3.05, 3.63) is 70.7 Å². The van der Waals surface area contributed by atoms with Crippen LogP contribution in [0.2, 0.25) is 0 Å². The van der Waals surface area contributed by atoms with E-state index < -0.39 is 42.1 Å². The van der Waals surface area contributed by atoms with Crippen LogP contribution in [0.5, 0.6) is 0 Å². The fraction of sp³-hybridized carbons (Fsp3) is 0.400. The quantitative estimate of drug-likeness (QED) is 0.159. The zero-order chi connectivity index (χ0) is 32.1. The average molecular weight is 626 g/mol. The molecule has 3 aromatic heterocycles. The van der Waals surface area contributed by atoms with Gasteiger partial charge in [0, 0.05) is 35.1 Å². The predicted octanol–water partition coefficient (Wildman–Crippen LogP) is 6.51. The van der Waals surface area contributed by atoms with Gasteiger partial charge in [-0.3, -0.25) is 4.98 Å². The first-order valence-corrected chi connectivity index (χ1v) is 14.1. The van der Waals surface area contributed by atoms with Crippen molar-refractivity contribution < 1.29 is 26.3 Å². The molecule has 0 aliphatic heterocycles. The second-order valence-corrected chi connectivity index (χ2v) is 11.6. The summed E-state index contributed by atoms with van der Waals surface area (Å²) in [6, 6.07) is 8.65. The summed E-state index contributed by atoms with van der Waals surface area (Å²) in [6.07, 6.45) is -3.78. The highest BCUT2D eigenvalue weighted by atomic mass is 19.4. The maximum Gasteiger partial charge on any atom is 0.396 e. The molecule has 45 heavy (non-hydrogen) atoms. The highest BCUT2D eigenvalue weighted by Gasteiger charge is 2.58. The lowest BCUT2D eigenvalue weighted by Gasteiger charge is -2.43.